The Balaban J connectivity index is 1.59. The molecule has 8 nitrogen and oxygen atoms in total. The summed E-state index contributed by atoms with van der Waals surface area (Å²) in [4.78, 5) is 12.5. The van der Waals surface area contributed by atoms with Crippen LogP contribution in [0.2, 0.25) is 0 Å². The molecule has 0 bridgehead atoms. The number of rotatable bonds is 8. The number of amides is 1. The molecule has 1 aromatic rings. The van der Waals surface area contributed by atoms with Crippen molar-refractivity contribution in [2.24, 2.45) is 5.92 Å². The fourth-order valence-corrected chi connectivity index (χ4v) is 6.03. The van der Waals surface area contributed by atoms with Crippen molar-refractivity contribution < 1.29 is 21.6 Å². The van der Waals surface area contributed by atoms with Gasteiger partial charge < -0.3 is 5.32 Å². The highest BCUT2D eigenvalue weighted by atomic mass is 32.2. The maximum atomic E-state index is 12.9. The maximum Gasteiger partial charge on any atom is 0.251 e. The molecule has 2 fully saturated rings. The zero-order valence-corrected chi connectivity index (χ0v) is 18.6. The van der Waals surface area contributed by atoms with Crippen molar-refractivity contribution in [1.82, 2.24) is 14.3 Å². The number of sulfonamides is 2. The van der Waals surface area contributed by atoms with Gasteiger partial charge >= 0.3 is 0 Å². The highest BCUT2D eigenvalue weighted by molar-refractivity contribution is 7.92. The Labute approximate surface area is 178 Å². The quantitative estimate of drug-likeness (QED) is 0.621. The Morgan fingerprint density at radius 3 is 2.37 bits per heavy atom. The molecule has 1 amide bonds. The van der Waals surface area contributed by atoms with E-state index in [1.165, 1.54) is 35.0 Å². The Bertz CT molecular complexity index is 968. The standard InChI is InChI=1S/C20H29N3O5S2/c1-2-29(25,26)21-14-16-12-13-23(15-16)30(27,28)19-10-8-17(9-11-19)20(24)22-18-6-4-3-5-7-18/h2,8-11,16,18,21H,1,3-7,12-15H2,(H,22,24). The van der Waals surface area contributed by atoms with Gasteiger partial charge in [0.25, 0.3) is 5.91 Å². The normalized spacial score (nSPS) is 21.4. The van der Waals surface area contributed by atoms with Crippen molar-refractivity contribution in [3.05, 3.63) is 41.8 Å². The van der Waals surface area contributed by atoms with Gasteiger partial charge in [-0.3, -0.25) is 4.79 Å². The van der Waals surface area contributed by atoms with E-state index in [4.69, 9.17) is 0 Å². The SMILES string of the molecule is C=CS(=O)(=O)NCC1CCN(S(=O)(=O)c2ccc(C(=O)NC3CCCCC3)cc2)C1. The van der Waals surface area contributed by atoms with E-state index >= 15 is 0 Å². The fourth-order valence-electron chi connectivity index (χ4n) is 3.92. The molecule has 1 saturated heterocycles. The summed E-state index contributed by atoms with van der Waals surface area (Å²) in [6.07, 6.45) is 5.98. The number of hydrogen-bond acceptors (Lipinski definition) is 5. The van der Waals surface area contributed by atoms with Crippen molar-refractivity contribution in [1.29, 1.82) is 0 Å². The lowest BCUT2D eigenvalue weighted by molar-refractivity contribution is 0.0927. The van der Waals surface area contributed by atoms with E-state index < -0.39 is 20.0 Å². The lowest BCUT2D eigenvalue weighted by Gasteiger charge is -2.22. The van der Waals surface area contributed by atoms with E-state index in [1.54, 1.807) is 0 Å². The number of nitrogens with one attached hydrogen (secondary N) is 2. The first-order valence-corrected chi connectivity index (χ1v) is 13.2. The molecule has 0 aromatic heterocycles. The fraction of sp³-hybridized carbons (Fsp3) is 0.550. The summed E-state index contributed by atoms with van der Waals surface area (Å²) in [6.45, 7) is 3.97. The van der Waals surface area contributed by atoms with Crippen LogP contribution in [0.1, 0.15) is 48.9 Å². The highest BCUT2D eigenvalue weighted by Crippen LogP contribution is 2.25. The number of hydrogen-bond donors (Lipinski definition) is 2. The van der Waals surface area contributed by atoms with Crippen LogP contribution in [0, 0.1) is 5.92 Å². The third-order valence-electron chi connectivity index (χ3n) is 5.74. The third kappa shape index (κ3) is 5.69. The van der Waals surface area contributed by atoms with Crippen LogP contribution in [-0.2, 0) is 20.0 Å². The van der Waals surface area contributed by atoms with Gasteiger partial charge in [-0.05, 0) is 49.4 Å². The number of carbonyl (C=O) groups is 1. The Morgan fingerprint density at radius 2 is 1.73 bits per heavy atom. The van der Waals surface area contributed by atoms with Crippen molar-refractivity contribution in [2.45, 2.75) is 49.5 Å². The molecule has 1 heterocycles. The van der Waals surface area contributed by atoms with E-state index in [1.807, 2.05) is 0 Å². The van der Waals surface area contributed by atoms with Crippen molar-refractivity contribution >= 4 is 26.0 Å². The molecule has 30 heavy (non-hydrogen) atoms. The van der Waals surface area contributed by atoms with Crippen molar-refractivity contribution in [3.63, 3.8) is 0 Å². The molecule has 1 atom stereocenters. The third-order valence-corrected chi connectivity index (χ3v) is 8.62. The average molecular weight is 456 g/mol. The van der Waals surface area contributed by atoms with Gasteiger partial charge in [-0.1, -0.05) is 25.8 Å². The van der Waals surface area contributed by atoms with Crippen LogP contribution in [0.3, 0.4) is 0 Å². The highest BCUT2D eigenvalue weighted by Gasteiger charge is 2.33. The summed E-state index contributed by atoms with van der Waals surface area (Å²) in [5, 5.41) is 3.86. The summed E-state index contributed by atoms with van der Waals surface area (Å²) in [6, 6.07) is 6.18. The van der Waals surface area contributed by atoms with Crippen LogP contribution in [0.4, 0.5) is 0 Å². The minimum absolute atomic E-state index is 0.102. The molecule has 2 aliphatic rings. The summed E-state index contributed by atoms with van der Waals surface area (Å²) < 4.78 is 52.5. The van der Waals surface area contributed by atoms with E-state index in [0.717, 1.165) is 31.1 Å². The molecule has 1 unspecified atom stereocenters. The van der Waals surface area contributed by atoms with Gasteiger partial charge in [0.15, 0.2) is 0 Å². The molecule has 0 spiro atoms. The van der Waals surface area contributed by atoms with Crippen LogP contribution in [0.15, 0.2) is 41.1 Å². The molecule has 2 N–H and O–H groups in total. The predicted molar refractivity (Wildman–Crippen MR) is 115 cm³/mol. The second-order valence-electron chi connectivity index (χ2n) is 7.91. The van der Waals surface area contributed by atoms with Crippen LogP contribution < -0.4 is 10.0 Å². The van der Waals surface area contributed by atoms with Gasteiger partial charge in [0.1, 0.15) is 0 Å². The summed E-state index contributed by atoms with van der Waals surface area (Å²) >= 11 is 0. The van der Waals surface area contributed by atoms with Gasteiger partial charge in [-0.15, -0.1) is 0 Å². The lowest BCUT2D eigenvalue weighted by atomic mass is 9.95. The van der Waals surface area contributed by atoms with E-state index in [0.29, 0.717) is 18.5 Å². The molecular weight excluding hydrogens is 426 g/mol. The van der Waals surface area contributed by atoms with Gasteiger partial charge in [0.05, 0.1) is 4.90 Å². The van der Waals surface area contributed by atoms with E-state index in [-0.39, 0.29) is 35.9 Å². The number of nitrogens with zero attached hydrogens (tertiary/aromatic N) is 1. The van der Waals surface area contributed by atoms with Crippen molar-refractivity contribution in [2.75, 3.05) is 19.6 Å². The minimum Gasteiger partial charge on any atom is -0.349 e. The number of carbonyl (C=O) groups excluding carboxylic acids is 1. The first kappa shape index (κ1) is 22.9. The van der Waals surface area contributed by atoms with Gasteiger partial charge in [0.2, 0.25) is 20.0 Å². The molecule has 0 radical (unpaired) electrons. The number of benzene rings is 1. The van der Waals surface area contributed by atoms with Crippen LogP contribution in [0.25, 0.3) is 0 Å². The van der Waals surface area contributed by atoms with Crippen LogP contribution in [-0.4, -0.2) is 52.7 Å². The molecular formula is C20H29N3O5S2. The van der Waals surface area contributed by atoms with Crippen LogP contribution in [0.5, 0.6) is 0 Å². The molecule has 10 heteroatoms. The topological polar surface area (TPSA) is 113 Å². The van der Waals surface area contributed by atoms with Crippen LogP contribution >= 0.6 is 0 Å². The molecule has 3 rings (SSSR count). The largest absolute Gasteiger partial charge is 0.349 e. The second-order valence-corrected chi connectivity index (χ2v) is 11.6. The van der Waals surface area contributed by atoms with E-state index in [2.05, 4.69) is 16.6 Å². The Kier molecular flexibility index (Phi) is 7.33. The predicted octanol–water partition coefficient (Wildman–Crippen LogP) is 1.82. The first-order chi connectivity index (χ1) is 14.2. The van der Waals surface area contributed by atoms with Gasteiger partial charge in [0, 0.05) is 36.6 Å². The molecule has 1 aromatic carbocycles. The molecule has 1 aliphatic carbocycles. The molecule has 1 aliphatic heterocycles. The van der Waals surface area contributed by atoms with Crippen molar-refractivity contribution in [3.8, 4) is 0 Å². The lowest BCUT2D eigenvalue weighted by Crippen LogP contribution is -2.36. The summed E-state index contributed by atoms with van der Waals surface area (Å²) in [5.41, 5.74) is 0.442. The van der Waals surface area contributed by atoms with E-state index in [9.17, 15) is 21.6 Å². The second kappa shape index (κ2) is 9.59. The average Bonchev–Trinajstić information content (AvgIpc) is 3.23. The Hall–Kier alpha value is -1.75. The maximum absolute atomic E-state index is 12.9. The zero-order valence-electron chi connectivity index (χ0n) is 16.9. The summed E-state index contributed by atoms with van der Waals surface area (Å²) in [7, 11) is -7.22. The first-order valence-electron chi connectivity index (χ1n) is 10.2. The van der Waals surface area contributed by atoms with Gasteiger partial charge in [-0.25, -0.2) is 21.6 Å². The smallest absolute Gasteiger partial charge is 0.251 e. The zero-order chi connectivity index (χ0) is 21.8. The minimum atomic E-state index is -3.70. The Morgan fingerprint density at radius 1 is 1.07 bits per heavy atom. The molecule has 166 valence electrons. The summed E-state index contributed by atoms with van der Waals surface area (Å²) in [5.74, 6) is -0.281. The van der Waals surface area contributed by atoms with Gasteiger partial charge in [-0.2, -0.15) is 4.31 Å². The molecule has 1 saturated carbocycles. The monoisotopic (exact) mass is 455 g/mol.